The van der Waals surface area contributed by atoms with Gasteiger partial charge in [0.15, 0.2) is 0 Å². The van der Waals surface area contributed by atoms with Gasteiger partial charge in [-0.15, -0.1) is 0 Å². The van der Waals surface area contributed by atoms with Gasteiger partial charge in [0.05, 0.1) is 38.3 Å². The zero-order valence-corrected chi connectivity index (χ0v) is 12.6. The summed E-state index contributed by atoms with van der Waals surface area (Å²) in [6.07, 6.45) is 4.16. The highest BCUT2D eigenvalue weighted by atomic mass is 16.7. The monoisotopic (exact) mass is 308 g/mol. The van der Waals surface area contributed by atoms with Gasteiger partial charge >= 0.3 is 0 Å². The summed E-state index contributed by atoms with van der Waals surface area (Å²) in [6.45, 7) is 4.27. The van der Waals surface area contributed by atoms with Gasteiger partial charge in [-0.05, 0) is 13.3 Å². The normalized spacial score (nSPS) is 21.0. The van der Waals surface area contributed by atoms with Gasteiger partial charge in [0.25, 0.3) is 5.91 Å². The number of carbonyl (C=O) groups excluding carboxylic acids is 2. The Bertz CT molecular complexity index is 553. The van der Waals surface area contributed by atoms with Crippen LogP contribution in [0.3, 0.4) is 0 Å². The van der Waals surface area contributed by atoms with Gasteiger partial charge in [0.2, 0.25) is 5.91 Å². The van der Waals surface area contributed by atoms with Crippen molar-refractivity contribution in [2.75, 3.05) is 32.9 Å². The minimum atomic E-state index is -0.491. The van der Waals surface area contributed by atoms with Gasteiger partial charge in [-0.25, -0.2) is 10.0 Å². The van der Waals surface area contributed by atoms with Crippen molar-refractivity contribution in [3.05, 3.63) is 18.2 Å². The average Bonchev–Trinajstić information content (AvgIpc) is 3.21. The number of hydrogen-bond acceptors (Lipinski definition) is 5. The first kappa shape index (κ1) is 15.0. The first-order chi connectivity index (χ1) is 10.7. The zero-order valence-electron chi connectivity index (χ0n) is 12.6. The molecule has 1 saturated heterocycles. The second-order valence-corrected chi connectivity index (χ2v) is 5.35. The fraction of sp³-hybridized carbons (Fsp3) is 0.643. The van der Waals surface area contributed by atoms with Crippen molar-refractivity contribution in [3.8, 4) is 0 Å². The summed E-state index contributed by atoms with van der Waals surface area (Å²) in [5, 5.41) is 1.39. The predicted octanol–water partition coefficient (Wildman–Crippen LogP) is -0.0332. The van der Waals surface area contributed by atoms with Gasteiger partial charge in [0, 0.05) is 12.8 Å². The van der Waals surface area contributed by atoms with Crippen LogP contribution < -0.4 is 0 Å². The Balaban J connectivity index is 1.77. The van der Waals surface area contributed by atoms with Crippen LogP contribution in [0, 0.1) is 0 Å². The molecular weight excluding hydrogens is 288 g/mol. The molecule has 120 valence electrons. The summed E-state index contributed by atoms with van der Waals surface area (Å²) in [5.41, 5.74) is 0.841. The standard InChI is InChI=1S/C14H20N4O4/c1-2-21-9-13(19)16-7-11-6-15-10-17(11)12(8-16)14(20)18-4-3-5-22-18/h6,10,12H,2-5,7-9H2,1H3/t12-/m1/s1. The number of hydrogen-bond donors (Lipinski definition) is 0. The molecule has 1 atom stereocenters. The van der Waals surface area contributed by atoms with Gasteiger partial charge in [-0.2, -0.15) is 0 Å². The van der Waals surface area contributed by atoms with Crippen molar-refractivity contribution in [3.63, 3.8) is 0 Å². The third-order valence-electron chi connectivity index (χ3n) is 3.89. The fourth-order valence-corrected chi connectivity index (χ4v) is 2.75. The number of carbonyl (C=O) groups is 2. The smallest absolute Gasteiger partial charge is 0.271 e. The Morgan fingerprint density at radius 3 is 3.09 bits per heavy atom. The van der Waals surface area contributed by atoms with E-state index in [-0.39, 0.29) is 18.4 Å². The maximum absolute atomic E-state index is 12.6. The summed E-state index contributed by atoms with van der Waals surface area (Å²) >= 11 is 0. The van der Waals surface area contributed by atoms with Crippen molar-refractivity contribution < 1.29 is 19.2 Å². The predicted molar refractivity (Wildman–Crippen MR) is 75.5 cm³/mol. The van der Waals surface area contributed by atoms with E-state index in [1.807, 2.05) is 11.5 Å². The Hall–Kier alpha value is -1.93. The molecule has 3 rings (SSSR count). The second-order valence-electron chi connectivity index (χ2n) is 5.35. The molecule has 0 aliphatic carbocycles. The summed E-state index contributed by atoms with van der Waals surface area (Å²) < 4.78 is 7.01. The van der Waals surface area contributed by atoms with E-state index in [0.29, 0.717) is 32.8 Å². The van der Waals surface area contributed by atoms with Crippen LogP contribution in [0.1, 0.15) is 25.1 Å². The third-order valence-corrected chi connectivity index (χ3v) is 3.89. The molecule has 0 spiro atoms. The number of amides is 2. The second kappa shape index (κ2) is 6.45. The van der Waals surface area contributed by atoms with Crippen LogP contribution in [-0.2, 0) is 25.7 Å². The van der Waals surface area contributed by atoms with E-state index in [1.165, 1.54) is 5.06 Å². The molecule has 0 N–H and O–H groups in total. The van der Waals surface area contributed by atoms with E-state index >= 15 is 0 Å². The summed E-state index contributed by atoms with van der Waals surface area (Å²) in [7, 11) is 0. The first-order valence-electron chi connectivity index (χ1n) is 7.51. The van der Waals surface area contributed by atoms with Crippen LogP contribution in [0.4, 0.5) is 0 Å². The molecule has 8 heteroatoms. The molecule has 22 heavy (non-hydrogen) atoms. The van der Waals surface area contributed by atoms with Crippen LogP contribution in [0.15, 0.2) is 12.5 Å². The first-order valence-corrected chi connectivity index (χ1v) is 7.51. The largest absolute Gasteiger partial charge is 0.372 e. The van der Waals surface area contributed by atoms with Crippen LogP contribution in [-0.4, -0.2) is 64.2 Å². The SMILES string of the molecule is CCOCC(=O)N1Cc2cncn2[C@@H](C(=O)N2CCCO2)C1. The molecule has 1 fully saturated rings. The van der Waals surface area contributed by atoms with E-state index in [1.54, 1.807) is 17.4 Å². The molecule has 3 heterocycles. The quantitative estimate of drug-likeness (QED) is 0.780. The van der Waals surface area contributed by atoms with Gasteiger partial charge < -0.3 is 14.2 Å². The van der Waals surface area contributed by atoms with Gasteiger partial charge in [0.1, 0.15) is 12.6 Å². The zero-order chi connectivity index (χ0) is 15.5. The lowest BCUT2D eigenvalue weighted by molar-refractivity contribution is -0.174. The molecule has 0 aromatic carbocycles. The lowest BCUT2D eigenvalue weighted by atomic mass is 10.1. The third kappa shape index (κ3) is 2.84. The number of ether oxygens (including phenoxy) is 1. The van der Waals surface area contributed by atoms with Crippen molar-refractivity contribution >= 4 is 11.8 Å². The molecular formula is C14H20N4O4. The van der Waals surface area contributed by atoms with Gasteiger partial charge in [-0.3, -0.25) is 14.4 Å². The van der Waals surface area contributed by atoms with Crippen LogP contribution >= 0.6 is 0 Å². The van der Waals surface area contributed by atoms with Crippen LogP contribution in [0.2, 0.25) is 0 Å². The number of aromatic nitrogens is 2. The topological polar surface area (TPSA) is 76.9 Å². The molecule has 0 unspecified atom stereocenters. The highest BCUT2D eigenvalue weighted by molar-refractivity contribution is 5.82. The molecule has 1 aromatic rings. The molecule has 0 radical (unpaired) electrons. The summed E-state index contributed by atoms with van der Waals surface area (Å²) in [4.78, 5) is 35.9. The fourth-order valence-electron chi connectivity index (χ4n) is 2.75. The van der Waals surface area contributed by atoms with E-state index < -0.39 is 6.04 Å². The summed E-state index contributed by atoms with van der Waals surface area (Å²) in [5.74, 6) is -0.250. The molecule has 2 aliphatic rings. The van der Waals surface area contributed by atoms with Crippen molar-refractivity contribution in [2.45, 2.75) is 25.9 Å². The van der Waals surface area contributed by atoms with E-state index in [2.05, 4.69) is 4.98 Å². The van der Waals surface area contributed by atoms with Crippen LogP contribution in [0.5, 0.6) is 0 Å². The Kier molecular flexibility index (Phi) is 4.39. The minimum Gasteiger partial charge on any atom is -0.372 e. The molecule has 8 nitrogen and oxygen atoms in total. The Morgan fingerprint density at radius 2 is 2.36 bits per heavy atom. The van der Waals surface area contributed by atoms with Gasteiger partial charge in [-0.1, -0.05) is 0 Å². The number of fused-ring (bicyclic) bond motifs is 1. The van der Waals surface area contributed by atoms with Crippen molar-refractivity contribution in [1.82, 2.24) is 19.5 Å². The lowest BCUT2D eigenvalue weighted by Crippen LogP contribution is -2.47. The highest BCUT2D eigenvalue weighted by Gasteiger charge is 2.36. The maximum atomic E-state index is 12.6. The Labute approximate surface area is 128 Å². The number of nitrogens with zero attached hydrogens (tertiary/aromatic N) is 4. The van der Waals surface area contributed by atoms with Crippen molar-refractivity contribution in [2.24, 2.45) is 0 Å². The van der Waals surface area contributed by atoms with E-state index in [0.717, 1.165) is 12.1 Å². The maximum Gasteiger partial charge on any atom is 0.271 e. The molecule has 2 amide bonds. The molecule has 0 saturated carbocycles. The summed E-state index contributed by atoms with van der Waals surface area (Å²) in [6, 6.07) is -0.491. The number of imidazole rings is 1. The Morgan fingerprint density at radius 1 is 1.50 bits per heavy atom. The lowest BCUT2D eigenvalue weighted by Gasteiger charge is -2.34. The molecule has 2 aliphatic heterocycles. The number of rotatable bonds is 4. The minimum absolute atomic E-state index is 0.0335. The average molecular weight is 308 g/mol. The molecule has 0 bridgehead atoms. The van der Waals surface area contributed by atoms with Crippen LogP contribution in [0.25, 0.3) is 0 Å². The molecule has 1 aromatic heterocycles. The highest BCUT2D eigenvalue weighted by Crippen LogP contribution is 2.24. The van der Waals surface area contributed by atoms with E-state index in [4.69, 9.17) is 9.57 Å². The van der Waals surface area contributed by atoms with E-state index in [9.17, 15) is 9.59 Å². The van der Waals surface area contributed by atoms with Crippen molar-refractivity contribution in [1.29, 1.82) is 0 Å². The number of hydroxylamine groups is 2.